The molecule has 0 aliphatic rings. The maximum Gasteiger partial charge on any atom is 0.411 e. The Morgan fingerprint density at radius 1 is 1.21 bits per heavy atom. The van der Waals surface area contributed by atoms with Crippen molar-refractivity contribution >= 4 is 74.1 Å². The van der Waals surface area contributed by atoms with Gasteiger partial charge in [-0.05, 0) is 40.2 Å². The van der Waals surface area contributed by atoms with Crippen LogP contribution < -0.4 is 10.2 Å². The summed E-state index contributed by atoms with van der Waals surface area (Å²) in [6.07, 6.45) is 0.251. The number of pyridine rings is 1. The van der Waals surface area contributed by atoms with Gasteiger partial charge in [0.1, 0.15) is 10.3 Å². The Morgan fingerprint density at radius 2 is 1.93 bits per heavy atom. The van der Waals surface area contributed by atoms with E-state index in [0.717, 1.165) is 4.90 Å². The molecule has 8 nitrogen and oxygen atoms in total. The van der Waals surface area contributed by atoms with Crippen LogP contribution in [0.15, 0.2) is 41.1 Å². The summed E-state index contributed by atoms with van der Waals surface area (Å²) in [4.78, 5) is 29.4. The van der Waals surface area contributed by atoms with Crippen molar-refractivity contribution in [1.82, 2.24) is 14.8 Å². The van der Waals surface area contributed by atoms with Gasteiger partial charge in [0.15, 0.2) is 5.82 Å². The standard InChI is InChI=1S/C17H11BrCl3N5O3/c1-25(17(28)29)11-6-8(19)5-10(21)14(11)23-16(27)12-7-13(18)24-26(12)15-9(20)3-2-4-22-15/h2-7H,1H3,(H,23,27)(H,28,29). The lowest BCUT2D eigenvalue weighted by atomic mass is 10.2. The molecule has 0 spiro atoms. The third kappa shape index (κ3) is 4.48. The summed E-state index contributed by atoms with van der Waals surface area (Å²) >= 11 is 21.6. The number of aromatic nitrogens is 3. The Balaban J connectivity index is 2.05. The molecule has 12 heteroatoms. The first-order valence-electron chi connectivity index (χ1n) is 7.82. The quantitative estimate of drug-likeness (QED) is 0.484. The number of rotatable bonds is 4. The number of halogens is 4. The SMILES string of the molecule is CN(C(=O)O)c1cc(Cl)cc(Cl)c1NC(=O)c1cc(Br)nn1-c1ncccc1Cl. The van der Waals surface area contributed by atoms with Crippen LogP contribution in [0.3, 0.4) is 0 Å². The molecule has 0 saturated carbocycles. The van der Waals surface area contributed by atoms with E-state index >= 15 is 0 Å². The predicted molar refractivity (Wildman–Crippen MR) is 115 cm³/mol. The van der Waals surface area contributed by atoms with E-state index in [1.54, 1.807) is 12.1 Å². The molecule has 3 aromatic rings. The molecule has 3 rings (SSSR count). The average molecular weight is 520 g/mol. The highest BCUT2D eigenvalue weighted by Crippen LogP contribution is 2.36. The fraction of sp³-hybridized carbons (Fsp3) is 0.0588. The van der Waals surface area contributed by atoms with E-state index in [1.165, 1.54) is 36.1 Å². The smallest absolute Gasteiger partial charge is 0.411 e. The summed E-state index contributed by atoms with van der Waals surface area (Å²) in [6.45, 7) is 0. The van der Waals surface area contributed by atoms with Gasteiger partial charge in [-0.15, -0.1) is 0 Å². The normalized spacial score (nSPS) is 10.7. The molecule has 0 bridgehead atoms. The Morgan fingerprint density at radius 3 is 2.59 bits per heavy atom. The molecule has 2 amide bonds. The van der Waals surface area contributed by atoms with Crippen LogP contribution >= 0.6 is 50.7 Å². The molecule has 0 radical (unpaired) electrons. The van der Waals surface area contributed by atoms with Crippen molar-refractivity contribution in [1.29, 1.82) is 0 Å². The summed E-state index contributed by atoms with van der Waals surface area (Å²) in [5, 5.41) is 16.7. The molecular weight excluding hydrogens is 508 g/mol. The number of nitrogens with zero attached hydrogens (tertiary/aromatic N) is 4. The summed E-state index contributed by atoms with van der Waals surface area (Å²) in [5.74, 6) is -0.371. The second-order valence-corrected chi connectivity index (χ2v) is 7.71. The molecule has 150 valence electrons. The second-order valence-electron chi connectivity index (χ2n) is 5.65. The van der Waals surface area contributed by atoms with Crippen molar-refractivity contribution in [3.8, 4) is 5.82 Å². The first-order chi connectivity index (χ1) is 13.7. The third-order valence-corrected chi connectivity index (χ3v) is 4.97. The molecule has 2 aromatic heterocycles. The minimum Gasteiger partial charge on any atom is -0.465 e. The number of benzene rings is 1. The molecule has 29 heavy (non-hydrogen) atoms. The number of carbonyl (C=O) groups is 2. The topological polar surface area (TPSA) is 100 Å². The Labute approximate surface area is 188 Å². The van der Waals surface area contributed by atoms with Crippen molar-refractivity contribution < 1.29 is 14.7 Å². The number of carboxylic acid groups (broad SMARTS) is 1. The van der Waals surface area contributed by atoms with Crippen molar-refractivity contribution in [3.63, 3.8) is 0 Å². The Kier molecular flexibility index (Phi) is 6.33. The number of carbonyl (C=O) groups excluding carboxylic acids is 1. The summed E-state index contributed by atoms with van der Waals surface area (Å²) in [7, 11) is 1.30. The zero-order valence-electron chi connectivity index (χ0n) is 14.5. The Bertz CT molecular complexity index is 1120. The van der Waals surface area contributed by atoms with Crippen LogP contribution in [0.4, 0.5) is 16.2 Å². The lowest BCUT2D eigenvalue weighted by Gasteiger charge is -2.19. The summed E-state index contributed by atoms with van der Waals surface area (Å²) in [6, 6.07) is 7.48. The van der Waals surface area contributed by atoms with E-state index in [2.05, 4.69) is 31.3 Å². The molecule has 0 fully saturated rings. The Hall–Kier alpha value is -2.33. The van der Waals surface area contributed by atoms with Gasteiger partial charge in [0.25, 0.3) is 5.91 Å². The highest BCUT2D eigenvalue weighted by molar-refractivity contribution is 9.10. The lowest BCUT2D eigenvalue weighted by molar-refractivity contribution is 0.101. The van der Waals surface area contributed by atoms with Crippen LogP contribution in [0.1, 0.15) is 10.5 Å². The molecule has 0 saturated heterocycles. The highest BCUT2D eigenvalue weighted by atomic mass is 79.9. The van der Waals surface area contributed by atoms with Crippen LogP contribution in [0.5, 0.6) is 0 Å². The minimum atomic E-state index is -1.26. The van der Waals surface area contributed by atoms with Crippen LogP contribution in [0.2, 0.25) is 15.1 Å². The van der Waals surface area contributed by atoms with Crippen LogP contribution in [-0.4, -0.2) is 38.9 Å². The summed E-state index contributed by atoms with van der Waals surface area (Å²) in [5.41, 5.74) is 0.263. The van der Waals surface area contributed by atoms with E-state index in [1.807, 2.05) is 0 Å². The van der Waals surface area contributed by atoms with E-state index in [0.29, 0.717) is 4.60 Å². The zero-order chi connectivity index (χ0) is 21.3. The van der Waals surface area contributed by atoms with E-state index in [-0.39, 0.29) is 38.0 Å². The highest BCUT2D eigenvalue weighted by Gasteiger charge is 2.23. The van der Waals surface area contributed by atoms with Crippen molar-refractivity contribution in [2.45, 2.75) is 0 Å². The van der Waals surface area contributed by atoms with Crippen molar-refractivity contribution in [2.24, 2.45) is 0 Å². The fourth-order valence-electron chi connectivity index (χ4n) is 2.44. The molecule has 1 aromatic carbocycles. The summed E-state index contributed by atoms with van der Waals surface area (Å²) < 4.78 is 1.63. The van der Waals surface area contributed by atoms with Gasteiger partial charge in [0.05, 0.1) is 21.4 Å². The van der Waals surface area contributed by atoms with Gasteiger partial charge in [-0.1, -0.05) is 34.8 Å². The number of nitrogens with one attached hydrogen (secondary N) is 1. The molecular formula is C17H11BrCl3N5O3. The van der Waals surface area contributed by atoms with E-state index in [4.69, 9.17) is 34.8 Å². The number of anilines is 2. The minimum absolute atomic E-state index is 0.0648. The zero-order valence-corrected chi connectivity index (χ0v) is 18.4. The molecule has 0 aliphatic carbocycles. The van der Waals surface area contributed by atoms with Gasteiger partial charge in [-0.2, -0.15) is 5.10 Å². The fourth-order valence-corrected chi connectivity index (χ4v) is 3.54. The van der Waals surface area contributed by atoms with Crippen LogP contribution in [0, 0.1) is 0 Å². The maximum atomic E-state index is 13.0. The molecule has 0 aliphatic heterocycles. The number of hydrogen-bond donors (Lipinski definition) is 2. The molecule has 0 unspecified atom stereocenters. The van der Waals surface area contributed by atoms with Gasteiger partial charge in [-0.25, -0.2) is 14.5 Å². The van der Waals surface area contributed by atoms with Crippen LogP contribution in [-0.2, 0) is 0 Å². The van der Waals surface area contributed by atoms with Crippen LogP contribution in [0.25, 0.3) is 5.82 Å². The van der Waals surface area contributed by atoms with Gasteiger partial charge in [-0.3, -0.25) is 9.69 Å². The van der Waals surface area contributed by atoms with Gasteiger partial charge >= 0.3 is 6.09 Å². The lowest BCUT2D eigenvalue weighted by Crippen LogP contribution is -2.26. The van der Waals surface area contributed by atoms with Crippen molar-refractivity contribution in [3.05, 3.63) is 61.9 Å². The first-order valence-corrected chi connectivity index (χ1v) is 9.75. The van der Waals surface area contributed by atoms with Gasteiger partial charge < -0.3 is 10.4 Å². The first kappa shape index (κ1) is 21.4. The molecule has 0 atom stereocenters. The average Bonchev–Trinajstić information content (AvgIpc) is 3.05. The van der Waals surface area contributed by atoms with E-state index in [9.17, 15) is 14.7 Å². The molecule has 2 heterocycles. The number of amides is 2. The van der Waals surface area contributed by atoms with Crippen molar-refractivity contribution in [2.75, 3.05) is 17.3 Å². The predicted octanol–water partition coefficient (Wildman–Crippen LogP) is 5.36. The second kappa shape index (κ2) is 8.58. The largest absolute Gasteiger partial charge is 0.465 e. The monoisotopic (exact) mass is 517 g/mol. The van der Waals surface area contributed by atoms with Gasteiger partial charge in [0, 0.05) is 24.3 Å². The van der Waals surface area contributed by atoms with Gasteiger partial charge in [0.2, 0.25) is 0 Å². The third-order valence-electron chi connectivity index (χ3n) is 3.77. The maximum absolute atomic E-state index is 13.0. The molecule has 2 N–H and O–H groups in total. The number of hydrogen-bond acceptors (Lipinski definition) is 4. The van der Waals surface area contributed by atoms with E-state index < -0.39 is 12.0 Å².